The van der Waals surface area contributed by atoms with E-state index in [4.69, 9.17) is 4.42 Å². The van der Waals surface area contributed by atoms with Gasteiger partial charge in [0, 0.05) is 19.1 Å². The molecule has 0 saturated carbocycles. The first-order chi connectivity index (χ1) is 9.93. The van der Waals surface area contributed by atoms with Gasteiger partial charge >= 0.3 is 0 Å². The van der Waals surface area contributed by atoms with Crippen LogP contribution in [0.1, 0.15) is 45.8 Å². The van der Waals surface area contributed by atoms with Crippen LogP contribution in [0.4, 0.5) is 0 Å². The van der Waals surface area contributed by atoms with E-state index < -0.39 is 10.0 Å². The summed E-state index contributed by atoms with van der Waals surface area (Å²) in [6, 6.07) is 3.64. The van der Waals surface area contributed by atoms with Crippen LogP contribution in [0.15, 0.2) is 21.6 Å². The zero-order valence-corrected chi connectivity index (χ0v) is 13.9. The molecule has 0 radical (unpaired) electrons. The van der Waals surface area contributed by atoms with Crippen molar-refractivity contribution in [3.05, 3.63) is 17.9 Å². The number of hydrogen-bond donors (Lipinski definition) is 1. The number of rotatable bonds is 7. The average Bonchev–Trinajstić information content (AvgIpc) is 3.06. The van der Waals surface area contributed by atoms with E-state index in [9.17, 15) is 8.42 Å². The zero-order valence-electron chi connectivity index (χ0n) is 13.1. The highest BCUT2D eigenvalue weighted by Crippen LogP contribution is 2.27. The highest BCUT2D eigenvalue weighted by molar-refractivity contribution is 7.89. The molecule has 1 aromatic heterocycles. The summed E-state index contributed by atoms with van der Waals surface area (Å²) in [4.78, 5) is 0. The van der Waals surface area contributed by atoms with Crippen molar-refractivity contribution in [3.8, 4) is 0 Å². The summed E-state index contributed by atoms with van der Waals surface area (Å²) in [6.45, 7) is 7.99. The molecule has 0 aliphatic carbocycles. The number of sulfonamides is 1. The van der Waals surface area contributed by atoms with E-state index in [1.165, 1.54) is 0 Å². The van der Waals surface area contributed by atoms with E-state index in [1.54, 1.807) is 16.4 Å². The molecule has 1 unspecified atom stereocenters. The van der Waals surface area contributed by atoms with Crippen molar-refractivity contribution >= 4 is 10.0 Å². The molecule has 1 aliphatic rings. The van der Waals surface area contributed by atoms with Crippen molar-refractivity contribution in [1.82, 2.24) is 9.62 Å². The van der Waals surface area contributed by atoms with Gasteiger partial charge in [0.2, 0.25) is 5.09 Å². The molecule has 2 rings (SSSR count). The Morgan fingerprint density at radius 3 is 2.86 bits per heavy atom. The molecule has 1 atom stereocenters. The predicted octanol–water partition coefficient (Wildman–Crippen LogP) is 2.59. The van der Waals surface area contributed by atoms with Gasteiger partial charge in [-0.2, -0.15) is 4.31 Å². The quantitative estimate of drug-likeness (QED) is 0.840. The van der Waals surface area contributed by atoms with Gasteiger partial charge in [-0.1, -0.05) is 27.2 Å². The van der Waals surface area contributed by atoms with E-state index in [0.29, 0.717) is 37.4 Å². The number of hydrogen-bond acceptors (Lipinski definition) is 4. The maximum absolute atomic E-state index is 12.5. The van der Waals surface area contributed by atoms with Crippen LogP contribution in [0.2, 0.25) is 0 Å². The van der Waals surface area contributed by atoms with Gasteiger partial charge in [0.15, 0.2) is 0 Å². The summed E-state index contributed by atoms with van der Waals surface area (Å²) in [5.41, 5.74) is 0. The van der Waals surface area contributed by atoms with Crippen molar-refractivity contribution in [1.29, 1.82) is 0 Å². The molecule has 6 heteroatoms. The van der Waals surface area contributed by atoms with E-state index in [2.05, 4.69) is 12.2 Å². The molecular weight excluding hydrogens is 288 g/mol. The molecule has 1 saturated heterocycles. The molecule has 5 nitrogen and oxygen atoms in total. The van der Waals surface area contributed by atoms with Gasteiger partial charge in [0.25, 0.3) is 10.0 Å². The van der Waals surface area contributed by atoms with Gasteiger partial charge in [-0.05, 0) is 30.9 Å². The Balaban J connectivity index is 2.03. The van der Waals surface area contributed by atoms with E-state index in [0.717, 1.165) is 19.3 Å². The number of furan rings is 1. The van der Waals surface area contributed by atoms with E-state index in [1.807, 2.05) is 13.8 Å². The third-order valence-electron chi connectivity index (χ3n) is 3.86. The molecule has 1 fully saturated rings. The Kier molecular flexibility index (Phi) is 5.46. The molecule has 1 aliphatic heterocycles. The van der Waals surface area contributed by atoms with Crippen molar-refractivity contribution in [2.24, 2.45) is 5.92 Å². The van der Waals surface area contributed by atoms with Crippen molar-refractivity contribution in [2.45, 2.75) is 57.7 Å². The van der Waals surface area contributed by atoms with Gasteiger partial charge in [-0.3, -0.25) is 0 Å². The van der Waals surface area contributed by atoms with Gasteiger partial charge in [0.05, 0.1) is 6.54 Å². The van der Waals surface area contributed by atoms with Crippen molar-refractivity contribution in [3.63, 3.8) is 0 Å². The number of nitrogens with zero attached hydrogens (tertiary/aromatic N) is 1. The standard InChI is InChI=1S/C15H26N2O3S/c1-4-5-13-8-9-17(11-13)21(18,19)15-7-6-14(20-15)10-16-12(2)3/h6-7,12-13,16H,4-5,8-11H2,1-3H3. The molecule has 0 spiro atoms. The lowest BCUT2D eigenvalue weighted by molar-refractivity contribution is 0.373. The largest absolute Gasteiger partial charge is 0.447 e. The Labute approximate surface area is 127 Å². The van der Waals surface area contributed by atoms with E-state index >= 15 is 0 Å². The summed E-state index contributed by atoms with van der Waals surface area (Å²) in [5.74, 6) is 1.15. The van der Waals surface area contributed by atoms with Crippen LogP contribution < -0.4 is 5.32 Å². The van der Waals surface area contributed by atoms with Crippen LogP contribution in [-0.4, -0.2) is 31.9 Å². The van der Waals surface area contributed by atoms with Crippen LogP contribution in [0.3, 0.4) is 0 Å². The lowest BCUT2D eigenvalue weighted by Gasteiger charge is -2.14. The molecule has 0 amide bonds. The van der Waals surface area contributed by atoms with Gasteiger partial charge in [0.1, 0.15) is 5.76 Å². The van der Waals surface area contributed by atoms with Crippen LogP contribution >= 0.6 is 0 Å². The Morgan fingerprint density at radius 2 is 2.19 bits per heavy atom. The second-order valence-corrected chi connectivity index (χ2v) is 7.93. The summed E-state index contributed by atoms with van der Waals surface area (Å²) < 4.78 is 32.2. The first-order valence-corrected chi connectivity index (χ1v) is 9.19. The maximum Gasteiger partial charge on any atom is 0.276 e. The molecule has 120 valence electrons. The molecular formula is C15H26N2O3S. The monoisotopic (exact) mass is 314 g/mol. The van der Waals surface area contributed by atoms with Crippen LogP contribution in [0.5, 0.6) is 0 Å². The lowest BCUT2D eigenvalue weighted by Crippen LogP contribution is -2.28. The molecule has 1 N–H and O–H groups in total. The molecule has 0 aromatic carbocycles. The third-order valence-corrected chi connectivity index (χ3v) is 5.60. The highest BCUT2D eigenvalue weighted by atomic mass is 32.2. The fourth-order valence-electron chi connectivity index (χ4n) is 2.68. The van der Waals surface area contributed by atoms with Gasteiger partial charge < -0.3 is 9.73 Å². The summed E-state index contributed by atoms with van der Waals surface area (Å²) in [7, 11) is -3.47. The molecule has 0 bridgehead atoms. The third kappa shape index (κ3) is 4.08. The first kappa shape index (κ1) is 16.5. The van der Waals surface area contributed by atoms with Gasteiger partial charge in [-0.15, -0.1) is 0 Å². The van der Waals surface area contributed by atoms with Crippen LogP contribution in [-0.2, 0) is 16.6 Å². The molecule has 21 heavy (non-hydrogen) atoms. The smallest absolute Gasteiger partial charge is 0.276 e. The zero-order chi connectivity index (χ0) is 15.5. The van der Waals surface area contributed by atoms with Crippen LogP contribution in [0.25, 0.3) is 0 Å². The number of nitrogens with one attached hydrogen (secondary N) is 1. The maximum atomic E-state index is 12.5. The highest BCUT2D eigenvalue weighted by Gasteiger charge is 2.34. The van der Waals surface area contributed by atoms with Gasteiger partial charge in [-0.25, -0.2) is 8.42 Å². The minimum Gasteiger partial charge on any atom is -0.447 e. The summed E-state index contributed by atoms with van der Waals surface area (Å²) >= 11 is 0. The Morgan fingerprint density at radius 1 is 1.43 bits per heavy atom. The normalized spacial score (nSPS) is 20.5. The Hall–Kier alpha value is -0.850. The molecule has 1 aromatic rings. The van der Waals surface area contributed by atoms with Crippen molar-refractivity contribution < 1.29 is 12.8 Å². The topological polar surface area (TPSA) is 62.6 Å². The fraction of sp³-hybridized carbons (Fsp3) is 0.733. The second-order valence-electron chi connectivity index (χ2n) is 6.06. The average molecular weight is 314 g/mol. The Bertz CT molecular complexity index is 551. The lowest BCUT2D eigenvalue weighted by atomic mass is 10.0. The summed E-state index contributed by atoms with van der Waals surface area (Å²) in [5, 5.41) is 3.29. The minimum absolute atomic E-state index is 0.0696. The summed E-state index contributed by atoms with van der Waals surface area (Å²) in [6.07, 6.45) is 3.15. The van der Waals surface area contributed by atoms with Crippen LogP contribution in [0, 0.1) is 5.92 Å². The predicted molar refractivity (Wildman–Crippen MR) is 82.5 cm³/mol. The first-order valence-electron chi connectivity index (χ1n) is 7.75. The SMILES string of the molecule is CCCC1CCN(S(=O)(=O)c2ccc(CNC(C)C)o2)C1. The van der Waals surface area contributed by atoms with E-state index in [-0.39, 0.29) is 5.09 Å². The molecule has 2 heterocycles. The van der Waals surface area contributed by atoms with Crippen molar-refractivity contribution in [2.75, 3.05) is 13.1 Å². The minimum atomic E-state index is -3.47. The fourth-order valence-corrected chi connectivity index (χ4v) is 4.14. The second kappa shape index (κ2) is 6.94.